The minimum Gasteiger partial charge on any atom is -0.354 e. The number of nitrogens with zero attached hydrogens (tertiary/aromatic N) is 6. The van der Waals surface area contributed by atoms with Gasteiger partial charge in [-0.25, -0.2) is 23.4 Å². The number of rotatable bonds is 4. The van der Waals surface area contributed by atoms with Crippen LogP contribution in [0.15, 0.2) is 35.1 Å². The van der Waals surface area contributed by atoms with Gasteiger partial charge in [0.05, 0.1) is 5.69 Å². The van der Waals surface area contributed by atoms with E-state index in [2.05, 4.69) is 19.9 Å². The second kappa shape index (κ2) is 7.26. The minimum absolute atomic E-state index is 0.411. The van der Waals surface area contributed by atoms with Crippen LogP contribution in [0.3, 0.4) is 0 Å². The molecule has 0 amide bonds. The normalized spacial score (nSPS) is 15.9. The van der Waals surface area contributed by atoms with Gasteiger partial charge < -0.3 is 4.90 Å². The summed E-state index contributed by atoms with van der Waals surface area (Å²) in [4.78, 5) is 16.2. The molecule has 1 aliphatic heterocycles. The lowest BCUT2D eigenvalue weighted by atomic mass is 10.3. The van der Waals surface area contributed by atoms with Crippen molar-refractivity contribution >= 4 is 27.2 Å². The number of piperazine rings is 1. The third kappa shape index (κ3) is 3.43. The largest absolute Gasteiger partial charge is 0.354 e. The minimum atomic E-state index is -3.42. The molecule has 0 atom stereocenters. The maximum Gasteiger partial charge on any atom is 0.252 e. The summed E-state index contributed by atoms with van der Waals surface area (Å²) < 4.78 is 29.5. The smallest absolute Gasteiger partial charge is 0.252 e. The first-order valence-corrected chi connectivity index (χ1v) is 11.3. The highest BCUT2D eigenvalue weighted by atomic mass is 32.2. The molecular formula is C18H22N6O2S2. The summed E-state index contributed by atoms with van der Waals surface area (Å²) in [6.45, 7) is 7.91. The molecule has 148 valence electrons. The number of imidazole rings is 1. The van der Waals surface area contributed by atoms with Gasteiger partial charge in [-0.15, -0.1) is 11.3 Å². The van der Waals surface area contributed by atoms with Crippen molar-refractivity contribution in [3.63, 3.8) is 0 Å². The van der Waals surface area contributed by atoms with Crippen LogP contribution in [0.2, 0.25) is 0 Å². The molecule has 0 spiro atoms. The van der Waals surface area contributed by atoms with Gasteiger partial charge in [-0.1, -0.05) is 0 Å². The highest BCUT2D eigenvalue weighted by Crippen LogP contribution is 2.26. The van der Waals surface area contributed by atoms with E-state index in [9.17, 15) is 8.42 Å². The molecule has 8 nitrogen and oxygen atoms in total. The molecule has 0 saturated carbocycles. The maximum atomic E-state index is 12.8. The van der Waals surface area contributed by atoms with E-state index in [1.165, 1.54) is 17.7 Å². The Kier molecular flexibility index (Phi) is 4.94. The summed E-state index contributed by atoms with van der Waals surface area (Å²) in [5.74, 6) is 1.55. The highest BCUT2D eigenvalue weighted by molar-refractivity contribution is 7.91. The molecule has 0 radical (unpaired) electrons. The first kappa shape index (κ1) is 19.0. The van der Waals surface area contributed by atoms with Crippen molar-refractivity contribution in [3.8, 4) is 5.82 Å². The molecule has 4 heterocycles. The van der Waals surface area contributed by atoms with Crippen LogP contribution in [0, 0.1) is 20.8 Å². The number of sulfonamides is 1. The number of hydrogen-bond acceptors (Lipinski definition) is 7. The molecule has 28 heavy (non-hydrogen) atoms. The van der Waals surface area contributed by atoms with Crippen molar-refractivity contribution in [2.24, 2.45) is 0 Å². The average molecular weight is 419 g/mol. The Morgan fingerprint density at radius 1 is 0.964 bits per heavy atom. The summed E-state index contributed by atoms with van der Waals surface area (Å²) in [5, 5.41) is 0. The Hall–Kier alpha value is -2.30. The summed E-state index contributed by atoms with van der Waals surface area (Å²) in [6, 6.07) is 5.45. The number of anilines is 1. The Bertz CT molecular complexity index is 1100. The van der Waals surface area contributed by atoms with Gasteiger partial charge >= 0.3 is 0 Å². The van der Waals surface area contributed by atoms with E-state index in [0.29, 0.717) is 30.4 Å². The fourth-order valence-corrected chi connectivity index (χ4v) is 6.07. The van der Waals surface area contributed by atoms with Gasteiger partial charge in [0.15, 0.2) is 0 Å². The molecule has 0 aliphatic carbocycles. The van der Waals surface area contributed by atoms with Gasteiger partial charge in [0.1, 0.15) is 28.5 Å². The van der Waals surface area contributed by atoms with Crippen molar-refractivity contribution < 1.29 is 8.42 Å². The zero-order valence-corrected chi connectivity index (χ0v) is 17.7. The predicted octanol–water partition coefficient (Wildman–Crippen LogP) is 2.16. The molecule has 1 saturated heterocycles. The Morgan fingerprint density at radius 3 is 2.29 bits per heavy atom. The summed E-state index contributed by atoms with van der Waals surface area (Å²) in [7, 11) is -3.42. The van der Waals surface area contributed by atoms with Crippen molar-refractivity contribution in [1.29, 1.82) is 0 Å². The van der Waals surface area contributed by atoms with Crippen LogP contribution in [0.4, 0.5) is 5.82 Å². The number of thiophene rings is 1. The molecule has 1 fully saturated rings. The Morgan fingerprint density at radius 2 is 1.68 bits per heavy atom. The molecule has 0 bridgehead atoms. The Balaban J connectivity index is 1.50. The van der Waals surface area contributed by atoms with E-state index < -0.39 is 10.0 Å². The lowest BCUT2D eigenvalue weighted by molar-refractivity contribution is 0.384. The molecule has 0 aromatic carbocycles. The maximum absolute atomic E-state index is 12.8. The van der Waals surface area contributed by atoms with Crippen molar-refractivity contribution in [3.05, 3.63) is 47.1 Å². The topological polar surface area (TPSA) is 84.2 Å². The van der Waals surface area contributed by atoms with Crippen LogP contribution in [0.5, 0.6) is 0 Å². The zero-order valence-electron chi connectivity index (χ0n) is 16.0. The third-order valence-corrected chi connectivity index (χ3v) is 8.38. The van der Waals surface area contributed by atoms with Gasteiger partial charge in [-0.3, -0.25) is 4.57 Å². The molecule has 10 heteroatoms. The number of aromatic nitrogens is 4. The predicted molar refractivity (Wildman–Crippen MR) is 109 cm³/mol. The third-order valence-electron chi connectivity index (χ3n) is 5.01. The molecule has 3 aromatic rings. The first-order chi connectivity index (χ1) is 13.4. The monoisotopic (exact) mass is 418 g/mol. The van der Waals surface area contributed by atoms with E-state index in [0.717, 1.165) is 27.9 Å². The molecule has 3 aromatic heterocycles. The lowest BCUT2D eigenvalue weighted by Gasteiger charge is -2.34. The molecule has 4 rings (SSSR count). The van der Waals surface area contributed by atoms with Crippen LogP contribution >= 0.6 is 11.3 Å². The van der Waals surface area contributed by atoms with E-state index in [-0.39, 0.29) is 0 Å². The van der Waals surface area contributed by atoms with Gasteiger partial charge in [0, 0.05) is 42.8 Å². The van der Waals surface area contributed by atoms with Gasteiger partial charge in [0.25, 0.3) is 10.0 Å². The van der Waals surface area contributed by atoms with E-state index in [1.807, 2.05) is 37.5 Å². The lowest BCUT2D eigenvalue weighted by Crippen LogP contribution is -2.48. The second-order valence-electron chi connectivity index (χ2n) is 6.78. The van der Waals surface area contributed by atoms with E-state index >= 15 is 0 Å². The van der Waals surface area contributed by atoms with Crippen LogP contribution in [-0.4, -0.2) is 58.4 Å². The zero-order chi connectivity index (χ0) is 19.9. The van der Waals surface area contributed by atoms with Crippen LogP contribution in [-0.2, 0) is 10.0 Å². The number of aryl methyl sites for hydroxylation is 2. The van der Waals surface area contributed by atoms with Crippen LogP contribution < -0.4 is 4.90 Å². The summed E-state index contributed by atoms with van der Waals surface area (Å²) >= 11 is 1.32. The number of hydrogen-bond donors (Lipinski definition) is 0. The van der Waals surface area contributed by atoms with Crippen molar-refractivity contribution in [2.45, 2.75) is 25.0 Å². The van der Waals surface area contributed by atoms with Gasteiger partial charge in [-0.2, -0.15) is 4.31 Å². The highest BCUT2D eigenvalue weighted by Gasteiger charge is 2.30. The fraction of sp³-hybridized carbons (Fsp3) is 0.389. The molecule has 0 unspecified atom stereocenters. The van der Waals surface area contributed by atoms with Crippen molar-refractivity contribution in [2.75, 3.05) is 31.1 Å². The molecular weight excluding hydrogens is 396 g/mol. The SMILES string of the molecule is Cc1ccc(S(=O)(=O)N2CCN(c3cc(-n4cnc(C)c4C)ncn3)CC2)s1. The quantitative estimate of drug-likeness (QED) is 0.646. The van der Waals surface area contributed by atoms with Crippen LogP contribution in [0.25, 0.3) is 5.82 Å². The summed E-state index contributed by atoms with van der Waals surface area (Å²) in [5.41, 5.74) is 2.00. The average Bonchev–Trinajstić information content (AvgIpc) is 3.28. The van der Waals surface area contributed by atoms with Gasteiger partial charge in [-0.05, 0) is 32.9 Å². The van der Waals surface area contributed by atoms with Crippen molar-refractivity contribution in [1.82, 2.24) is 23.8 Å². The molecule has 1 aliphatic rings. The second-order valence-corrected chi connectivity index (χ2v) is 10.2. The van der Waals surface area contributed by atoms with Gasteiger partial charge in [0.2, 0.25) is 0 Å². The Labute approximate surface area is 168 Å². The first-order valence-electron chi connectivity index (χ1n) is 9.01. The van der Waals surface area contributed by atoms with Crippen LogP contribution in [0.1, 0.15) is 16.3 Å². The standard InChI is InChI=1S/C18H22N6O2S2/c1-13-4-5-18(27-13)28(25,26)23-8-6-22(7-9-23)16-10-17(20-11-19-16)24-12-21-14(2)15(24)3/h4-5,10-12H,6-9H2,1-3H3. The van der Waals surface area contributed by atoms with E-state index in [1.54, 1.807) is 16.7 Å². The molecule has 0 N–H and O–H groups in total. The summed E-state index contributed by atoms with van der Waals surface area (Å²) in [6.07, 6.45) is 3.29. The fourth-order valence-electron chi connectivity index (χ4n) is 3.21. The van der Waals surface area contributed by atoms with E-state index in [4.69, 9.17) is 0 Å².